The SMILES string of the molecule is Cc1cc(CCC(=O)O)nc([C@@H]2CCCN2C(=O)c2coc(C)n2)n1. The third-order valence-electron chi connectivity index (χ3n) is 4.17. The summed E-state index contributed by atoms with van der Waals surface area (Å²) in [6.07, 6.45) is 3.35. The smallest absolute Gasteiger partial charge is 0.303 e. The quantitative estimate of drug-likeness (QED) is 0.884. The fourth-order valence-corrected chi connectivity index (χ4v) is 3.06. The van der Waals surface area contributed by atoms with Gasteiger partial charge in [-0.15, -0.1) is 0 Å². The van der Waals surface area contributed by atoms with Crippen molar-refractivity contribution in [3.05, 3.63) is 41.1 Å². The van der Waals surface area contributed by atoms with Gasteiger partial charge >= 0.3 is 5.97 Å². The van der Waals surface area contributed by atoms with Crippen LogP contribution in [0.3, 0.4) is 0 Å². The lowest BCUT2D eigenvalue weighted by Gasteiger charge is -2.23. The molecule has 2 aromatic heterocycles. The number of aliphatic carboxylic acids is 1. The summed E-state index contributed by atoms with van der Waals surface area (Å²) in [4.78, 5) is 38.3. The van der Waals surface area contributed by atoms with Crippen LogP contribution >= 0.6 is 0 Å². The van der Waals surface area contributed by atoms with E-state index in [2.05, 4.69) is 15.0 Å². The van der Waals surface area contributed by atoms with Gasteiger partial charge in [-0.25, -0.2) is 15.0 Å². The van der Waals surface area contributed by atoms with Gasteiger partial charge < -0.3 is 14.4 Å². The lowest BCUT2D eigenvalue weighted by Crippen LogP contribution is -2.32. The van der Waals surface area contributed by atoms with Crippen molar-refractivity contribution >= 4 is 11.9 Å². The van der Waals surface area contributed by atoms with Gasteiger partial charge in [0.25, 0.3) is 5.91 Å². The van der Waals surface area contributed by atoms with E-state index >= 15 is 0 Å². The third-order valence-corrected chi connectivity index (χ3v) is 4.17. The van der Waals surface area contributed by atoms with E-state index < -0.39 is 5.97 Å². The number of likely N-dealkylation sites (tertiary alicyclic amines) is 1. The molecule has 0 spiro atoms. The summed E-state index contributed by atoms with van der Waals surface area (Å²) in [5.74, 6) is -0.0539. The summed E-state index contributed by atoms with van der Waals surface area (Å²) in [6.45, 7) is 4.14. The molecular weight excluding hydrogens is 324 g/mol. The zero-order valence-corrected chi connectivity index (χ0v) is 14.2. The van der Waals surface area contributed by atoms with E-state index in [4.69, 9.17) is 9.52 Å². The van der Waals surface area contributed by atoms with Crippen molar-refractivity contribution in [3.63, 3.8) is 0 Å². The average Bonchev–Trinajstić information content (AvgIpc) is 3.20. The van der Waals surface area contributed by atoms with Gasteiger partial charge in [-0.05, 0) is 25.8 Å². The molecule has 0 unspecified atom stereocenters. The zero-order chi connectivity index (χ0) is 18.0. The summed E-state index contributed by atoms with van der Waals surface area (Å²) >= 11 is 0. The molecule has 0 aromatic carbocycles. The number of rotatable bonds is 5. The number of aromatic nitrogens is 3. The minimum absolute atomic E-state index is 0.0153. The van der Waals surface area contributed by atoms with Crippen LogP contribution in [0.2, 0.25) is 0 Å². The van der Waals surface area contributed by atoms with Crippen molar-refractivity contribution in [1.82, 2.24) is 19.9 Å². The molecule has 1 amide bonds. The Morgan fingerprint density at radius 1 is 1.32 bits per heavy atom. The Balaban J connectivity index is 1.84. The molecule has 1 atom stereocenters. The molecule has 1 fully saturated rings. The van der Waals surface area contributed by atoms with Gasteiger partial charge in [0.1, 0.15) is 6.26 Å². The average molecular weight is 344 g/mol. The maximum atomic E-state index is 12.7. The molecule has 0 aliphatic carbocycles. The van der Waals surface area contributed by atoms with Crippen molar-refractivity contribution in [2.45, 2.75) is 45.6 Å². The predicted molar refractivity (Wildman–Crippen MR) is 87.0 cm³/mol. The molecular formula is C17H20N4O4. The molecule has 132 valence electrons. The van der Waals surface area contributed by atoms with Crippen molar-refractivity contribution in [2.75, 3.05) is 6.54 Å². The Hall–Kier alpha value is -2.77. The third kappa shape index (κ3) is 3.84. The lowest BCUT2D eigenvalue weighted by molar-refractivity contribution is -0.136. The molecule has 2 aromatic rings. The van der Waals surface area contributed by atoms with Gasteiger partial charge in [-0.3, -0.25) is 9.59 Å². The molecule has 25 heavy (non-hydrogen) atoms. The maximum Gasteiger partial charge on any atom is 0.303 e. The second-order valence-electron chi connectivity index (χ2n) is 6.16. The molecule has 1 aliphatic rings. The molecule has 1 aliphatic heterocycles. The molecule has 8 heteroatoms. The van der Waals surface area contributed by atoms with E-state index in [-0.39, 0.29) is 24.1 Å². The molecule has 0 bridgehead atoms. The fourth-order valence-electron chi connectivity index (χ4n) is 3.06. The molecule has 8 nitrogen and oxygen atoms in total. The van der Waals surface area contributed by atoms with Gasteiger partial charge in [-0.2, -0.15) is 0 Å². The summed E-state index contributed by atoms with van der Waals surface area (Å²) in [5, 5.41) is 8.86. The second kappa shape index (κ2) is 7.00. The van der Waals surface area contributed by atoms with E-state index in [1.165, 1.54) is 6.26 Å². The Labute approximate surface area is 144 Å². The first-order valence-corrected chi connectivity index (χ1v) is 8.23. The van der Waals surface area contributed by atoms with Crippen LogP contribution in [0.1, 0.15) is 58.9 Å². The van der Waals surface area contributed by atoms with Crippen LogP contribution in [-0.4, -0.2) is 43.4 Å². The number of carboxylic acid groups (broad SMARTS) is 1. The highest BCUT2D eigenvalue weighted by atomic mass is 16.4. The number of amides is 1. The Morgan fingerprint density at radius 3 is 2.80 bits per heavy atom. The highest BCUT2D eigenvalue weighted by molar-refractivity contribution is 5.92. The van der Waals surface area contributed by atoms with Gasteiger partial charge in [0.15, 0.2) is 17.4 Å². The van der Waals surface area contributed by atoms with Crippen LogP contribution < -0.4 is 0 Å². The first-order valence-electron chi connectivity index (χ1n) is 8.23. The van der Waals surface area contributed by atoms with E-state index in [0.29, 0.717) is 30.4 Å². The minimum atomic E-state index is -0.864. The van der Waals surface area contributed by atoms with Crippen molar-refractivity contribution in [1.29, 1.82) is 0 Å². The molecule has 3 heterocycles. The number of aryl methyl sites for hydroxylation is 3. The zero-order valence-electron chi connectivity index (χ0n) is 14.2. The number of carbonyl (C=O) groups is 2. The van der Waals surface area contributed by atoms with Crippen molar-refractivity contribution < 1.29 is 19.1 Å². The number of carbonyl (C=O) groups excluding carboxylic acids is 1. The van der Waals surface area contributed by atoms with Crippen LogP contribution in [0.4, 0.5) is 0 Å². The summed E-state index contributed by atoms with van der Waals surface area (Å²) < 4.78 is 5.13. The Bertz CT molecular complexity index is 802. The number of hydrogen-bond donors (Lipinski definition) is 1. The standard InChI is InChI=1S/C17H20N4O4/c1-10-8-12(5-6-15(22)23)20-16(18-10)14-4-3-7-21(14)17(24)13-9-25-11(2)19-13/h8-9,14H,3-7H2,1-2H3,(H,22,23)/t14-/m0/s1. The summed E-state index contributed by atoms with van der Waals surface area (Å²) in [6, 6.07) is 1.56. The van der Waals surface area contributed by atoms with Crippen molar-refractivity contribution in [2.24, 2.45) is 0 Å². The highest BCUT2D eigenvalue weighted by Crippen LogP contribution is 2.31. The van der Waals surface area contributed by atoms with E-state index in [1.807, 2.05) is 6.92 Å². The molecule has 1 saturated heterocycles. The minimum Gasteiger partial charge on any atom is -0.481 e. The van der Waals surface area contributed by atoms with E-state index in [1.54, 1.807) is 17.9 Å². The molecule has 0 radical (unpaired) electrons. The topological polar surface area (TPSA) is 109 Å². The molecule has 0 saturated carbocycles. The van der Waals surface area contributed by atoms with Gasteiger partial charge in [0.2, 0.25) is 0 Å². The number of oxazole rings is 1. The predicted octanol–water partition coefficient (Wildman–Crippen LogP) is 2.08. The van der Waals surface area contributed by atoms with Crippen LogP contribution in [0.25, 0.3) is 0 Å². The Morgan fingerprint density at radius 2 is 2.12 bits per heavy atom. The lowest BCUT2D eigenvalue weighted by atomic mass is 10.1. The normalized spacial score (nSPS) is 17.0. The summed E-state index contributed by atoms with van der Waals surface area (Å²) in [5.41, 5.74) is 1.73. The van der Waals surface area contributed by atoms with E-state index in [9.17, 15) is 9.59 Å². The van der Waals surface area contributed by atoms with Crippen LogP contribution in [0.15, 0.2) is 16.7 Å². The van der Waals surface area contributed by atoms with Crippen LogP contribution in [0, 0.1) is 13.8 Å². The fraction of sp³-hybridized carbons (Fsp3) is 0.471. The van der Waals surface area contributed by atoms with Gasteiger partial charge in [-0.1, -0.05) is 0 Å². The first-order chi connectivity index (χ1) is 11.9. The Kier molecular flexibility index (Phi) is 4.78. The van der Waals surface area contributed by atoms with Crippen LogP contribution in [-0.2, 0) is 11.2 Å². The highest BCUT2D eigenvalue weighted by Gasteiger charge is 2.34. The molecule has 3 rings (SSSR count). The number of nitrogens with zero attached hydrogens (tertiary/aromatic N) is 4. The van der Waals surface area contributed by atoms with Crippen LogP contribution in [0.5, 0.6) is 0 Å². The van der Waals surface area contributed by atoms with Gasteiger partial charge in [0, 0.05) is 31.3 Å². The largest absolute Gasteiger partial charge is 0.481 e. The van der Waals surface area contributed by atoms with Gasteiger partial charge in [0.05, 0.1) is 12.5 Å². The number of hydrogen-bond acceptors (Lipinski definition) is 6. The van der Waals surface area contributed by atoms with Crippen molar-refractivity contribution in [3.8, 4) is 0 Å². The summed E-state index contributed by atoms with van der Waals surface area (Å²) in [7, 11) is 0. The first kappa shape index (κ1) is 17.1. The van der Waals surface area contributed by atoms with E-state index in [0.717, 1.165) is 18.5 Å². The molecule has 1 N–H and O–H groups in total. The maximum absolute atomic E-state index is 12.7. The second-order valence-corrected chi connectivity index (χ2v) is 6.16. The monoisotopic (exact) mass is 344 g/mol. The number of carboxylic acids is 1.